The van der Waals surface area contributed by atoms with Crippen molar-refractivity contribution in [2.24, 2.45) is 5.73 Å². The van der Waals surface area contributed by atoms with Crippen LogP contribution in [0.4, 0.5) is 0 Å². The van der Waals surface area contributed by atoms with Gasteiger partial charge in [0.25, 0.3) is 5.91 Å². The molecule has 108 valence electrons. The van der Waals surface area contributed by atoms with Gasteiger partial charge in [-0.3, -0.25) is 4.79 Å². The van der Waals surface area contributed by atoms with Crippen LogP contribution in [0.15, 0.2) is 24.3 Å². The van der Waals surface area contributed by atoms with E-state index < -0.39 is 0 Å². The standard InChI is InChI=1S/C15H20N2OS2/c1-15(2)7-8-17(9-10-20-15)14(18)12-5-3-11(4-6-12)13(16)19/h3-6H,7-10H2,1-2H3,(H2,16,19). The summed E-state index contributed by atoms with van der Waals surface area (Å²) < 4.78 is 0.255. The Morgan fingerprint density at radius 3 is 2.45 bits per heavy atom. The molecule has 0 unspecified atom stereocenters. The van der Waals surface area contributed by atoms with Crippen molar-refractivity contribution in [2.45, 2.75) is 25.0 Å². The fourth-order valence-electron chi connectivity index (χ4n) is 2.18. The van der Waals surface area contributed by atoms with Gasteiger partial charge in [-0.25, -0.2) is 0 Å². The summed E-state index contributed by atoms with van der Waals surface area (Å²) >= 11 is 6.86. The van der Waals surface area contributed by atoms with E-state index in [4.69, 9.17) is 18.0 Å². The molecule has 1 aliphatic heterocycles. The number of benzene rings is 1. The van der Waals surface area contributed by atoms with Crippen molar-refractivity contribution in [3.05, 3.63) is 35.4 Å². The molecular formula is C15H20N2OS2. The van der Waals surface area contributed by atoms with Crippen LogP contribution in [0.2, 0.25) is 0 Å². The Morgan fingerprint density at radius 2 is 1.85 bits per heavy atom. The van der Waals surface area contributed by atoms with Crippen LogP contribution in [0.3, 0.4) is 0 Å². The summed E-state index contributed by atoms with van der Waals surface area (Å²) in [6.45, 7) is 6.10. The lowest BCUT2D eigenvalue weighted by molar-refractivity contribution is 0.0764. The molecule has 0 atom stereocenters. The molecule has 1 aliphatic rings. The Labute approximate surface area is 129 Å². The molecule has 1 aromatic rings. The number of carbonyl (C=O) groups excluding carboxylic acids is 1. The predicted molar refractivity (Wildman–Crippen MR) is 89.4 cm³/mol. The maximum absolute atomic E-state index is 12.5. The summed E-state index contributed by atoms with van der Waals surface area (Å²) in [5, 5.41) is 0. The normalized spacial score (nSPS) is 18.4. The van der Waals surface area contributed by atoms with Crippen molar-refractivity contribution in [1.82, 2.24) is 4.90 Å². The zero-order valence-corrected chi connectivity index (χ0v) is 13.5. The van der Waals surface area contributed by atoms with Crippen LogP contribution in [0.5, 0.6) is 0 Å². The number of nitrogens with zero attached hydrogens (tertiary/aromatic N) is 1. The van der Waals surface area contributed by atoms with Crippen LogP contribution in [0, 0.1) is 0 Å². The fourth-order valence-corrected chi connectivity index (χ4v) is 3.42. The van der Waals surface area contributed by atoms with Gasteiger partial charge in [0.15, 0.2) is 0 Å². The second-order valence-corrected chi connectivity index (χ2v) is 7.83. The van der Waals surface area contributed by atoms with Gasteiger partial charge >= 0.3 is 0 Å². The summed E-state index contributed by atoms with van der Waals surface area (Å²) in [5.74, 6) is 1.08. The highest BCUT2D eigenvalue weighted by atomic mass is 32.2. The average Bonchev–Trinajstić information content (AvgIpc) is 2.59. The number of hydrogen-bond acceptors (Lipinski definition) is 3. The summed E-state index contributed by atoms with van der Waals surface area (Å²) in [5.41, 5.74) is 7.07. The minimum absolute atomic E-state index is 0.0952. The average molecular weight is 308 g/mol. The molecule has 3 nitrogen and oxygen atoms in total. The summed E-state index contributed by atoms with van der Waals surface area (Å²) in [7, 11) is 0. The first-order valence-electron chi connectivity index (χ1n) is 6.72. The van der Waals surface area contributed by atoms with Crippen LogP contribution in [0.25, 0.3) is 0 Å². The molecule has 5 heteroatoms. The van der Waals surface area contributed by atoms with Gasteiger partial charge in [-0.05, 0) is 18.6 Å². The number of amides is 1. The van der Waals surface area contributed by atoms with E-state index in [1.807, 2.05) is 28.8 Å². The van der Waals surface area contributed by atoms with Gasteiger partial charge < -0.3 is 10.6 Å². The van der Waals surface area contributed by atoms with Gasteiger partial charge in [0, 0.05) is 34.7 Å². The molecule has 2 N–H and O–H groups in total. The molecule has 0 spiro atoms. The first-order valence-corrected chi connectivity index (χ1v) is 8.11. The Balaban J connectivity index is 2.09. The second kappa shape index (κ2) is 6.14. The molecule has 0 aromatic heterocycles. The number of hydrogen-bond donors (Lipinski definition) is 1. The number of carbonyl (C=O) groups is 1. The molecule has 0 aliphatic carbocycles. The molecular weight excluding hydrogens is 288 g/mol. The highest BCUT2D eigenvalue weighted by molar-refractivity contribution is 8.00. The van der Waals surface area contributed by atoms with Crippen LogP contribution in [-0.4, -0.2) is 39.4 Å². The second-order valence-electron chi connectivity index (χ2n) is 5.59. The van der Waals surface area contributed by atoms with Crippen LogP contribution >= 0.6 is 24.0 Å². The van der Waals surface area contributed by atoms with Crippen molar-refractivity contribution in [3.63, 3.8) is 0 Å². The lowest BCUT2D eigenvalue weighted by Gasteiger charge is -2.22. The largest absolute Gasteiger partial charge is 0.389 e. The molecule has 1 heterocycles. The third-order valence-corrected chi connectivity index (χ3v) is 5.15. The van der Waals surface area contributed by atoms with E-state index in [1.165, 1.54) is 0 Å². The summed E-state index contributed by atoms with van der Waals surface area (Å²) in [4.78, 5) is 14.8. The van der Waals surface area contributed by atoms with Gasteiger partial charge in [-0.1, -0.05) is 38.2 Å². The number of thioether (sulfide) groups is 1. The Hall–Kier alpha value is -1.07. The van der Waals surface area contributed by atoms with Crippen molar-refractivity contribution in [2.75, 3.05) is 18.8 Å². The topological polar surface area (TPSA) is 46.3 Å². The molecule has 1 saturated heterocycles. The van der Waals surface area contributed by atoms with Crippen LogP contribution in [-0.2, 0) is 0 Å². The number of thiocarbonyl (C=S) groups is 1. The maximum Gasteiger partial charge on any atom is 0.253 e. The van der Waals surface area contributed by atoms with Gasteiger partial charge in [0.2, 0.25) is 0 Å². The SMILES string of the molecule is CC1(C)CCN(C(=O)c2ccc(C(N)=S)cc2)CCS1. The van der Waals surface area contributed by atoms with Crippen molar-refractivity contribution in [3.8, 4) is 0 Å². The lowest BCUT2D eigenvalue weighted by Crippen LogP contribution is -2.33. The van der Waals surface area contributed by atoms with Crippen molar-refractivity contribution in [1.29, 1.82) is 0 Å². The highest BCUT2D eigenvalue weighted by Gasteiger charge is 2.26. The van der Waals surface area contributed by atoms with E-state index in [2.05, 4.69) is 13.8 Å². The predicted octanol–water partition coefficient (Wildman–Crippen LogP) is 2.68. The van der Waals surface area contributed by atoms with Crippen molar-refractivity contribution >= 4 is 34.9 Å². The molecule has 1 aromatic carbocycles. The van der Waals surface area contributed by atoms with Gasteiger partial charge in [0.05, 0.1) is 0 Å². The van der Waals surface area contributed by atoms with E-state index in [0.717, 1.165) is 30.8 Å². The quantitative estimate of drug-likeness (QED) is 0.853. The number of rotatable bonds is 2. The molecule has 1 fully saturated rings. The highest BCUT2D eigenvalue weighted by Crippen LogP contribution is 2.31. The van der Waals surface area contributed by atoms with E-state index >= 15 is 0 Å². The smallest absolute Gasteiger partial charge is 0.253 e. The van der Waals surface area contributed by atoms with Crippen LogP contribution in [0.1, 0.15) is 36.2 Å². The van der Waals surface area contributed by atoms with E-state index in [9.17, 15) is 4.79 Å². The van der Waals surface area contributed by atoms with Crippen molar-refractivity contribution < 1.29 is 4.79 Å². The zero-order chi connectivity index (χ0) is 14.8. The minimum Gasteiger partial charge on any atom is -0.389 e. The number of nitrogens with two attached hydrogens (primary N) is 1. The Kier molecular flexibility index (Phi) is 4.70. The first-order chi connectivity index (χ1) is 9.39. The van der Waals surface area contributed by atoms with E-state index in [-0.39, 0.29) is 10.7 Å². The molecule has 0 saturated carbocycles. The third-order valence-electron chi connectivity index (χ3n) is 3.54. The fraction of sp³-hybridized carbons (Fsp3) is 0.467. The van der Waals surface area contributed by atoms with Gasteiger partial charge in [-0.15, -0.1) is 0 Å². The molecule has 0 radical (unpaired) electrons. The summed E-state index contributed by atoms with van der Waals surface area (Å²) in [6.07, 6.45) is 1.02. The third kappa shape index (κ3) is 3.73. The molecule has 2 rings (SSSR count). The first kappa shape index (κ1) is 15.3. The monoisotopic (exact) mass is 308 g/mol. The minimum atomic E-state index is 0.0952. The Bertz CT molecular complexity index is 511. The van der Waals surface area contributed by atoms with E-state index in [0.29, 0.717) is 10.6 Å². The van der Waals surface area contributed by atoms with Crippen LogP contribution < -0.4 is 5.73 Å². The molecule has 1 amide bonds. The lowest BCUT2D eigenvalue weighted by atomic mass is 10.1. The maximum atomic E-state index is 12.5. The van der Waals surface area contributed by atoms with E-state index in [1.54, 1.807) is 12.1 Å². The summed E-state index contributed by atoms with van der Waals surface area (Å²) in [6, 6.07) is 7.23. The molecule has 0 bridgehead atoms. The molecule has 20 heavy (non-hydrogen) atoms. The van der Waals surface area contributed by atoms with Gasteiger partial charge in [0.1, 0.15) is 4.99 Å². The van der Waals surface area contributed by atoms with Gasteiger partial charge in [-0.2, -0.15) is 11.8 Å². The zero-order valence-electron chi connectivity index (χ0n) is 11.9. The Morgan fingerprint density at radius 1 is 1.25 bits per heavy atom.